The summed E-state index contributed by atoms with van der Waals surface area (Å²) in [4.78, 5) is 41.7. The zero-order valence-electron chi connectivity index (χ0n) is 17.8. The van der Waals surface area contributed by atoms with Crippen LogP contribution in [0.3, 0.4) is 0 Å². The van der Waals surface area contributed by atoms with E-state index in [1.54, 1.807) is 6.26 Å². The van der Waals surface area contributed by atoms with E-state index in [0.717, 1.165) is 29.7 Å². The monoisotopic (exact) mass is 433 g/mol. The molecule has 2 heterocycles. The second-order valence-corrected chi connectivity index (χ2v) is 7.49. The summed E-state index contributed by atoms with van der Waals surface area (Å²) in [5.74, 6) is -0.617. The van der Waals surface area contributed by atoms with Crippen LogP contribution >= 0.6 is 0 Å². The number of pyridine rings is 1. The molecular formula is C24H23N3O5. The maximum absolute atomic E-state index is 13.3. The second-order valence-electron chi connectivity index (χ2n) is 7.49. The Morgan fingerprint density at radius 2 is 1.97 bits per heavy atom. The number of furan rings is 1. The van der Waals surface area contributed by atoms with Gasteiger partial charge in [-0.05, 0) is 61.6 Å². The van der Waals surface area contributed by atoms with Crippen LogP contribution in [-0.4, -0.2) is 36.0 Å². The third kappa shape index (κ3) is 4.25. The van der Waals surface area contributed by atoms with E-state index in [9.17, 15) is 14.4 Å². The number of ether oxygens (including phenoxy) is 1. The molecule has 0 bridgehead atoms. The number of hydrogen-bond acceptors (Lipinski definition) is 6. The lowest BCUT2D eigenvalue weighted by Gasteiger charge is -2.23. The summed E-state index contributed by atoms with van der Waals surface area (Å²) in [6, 6.07) is 10.4. The number of carbonyl (C=O) groups is 3. The van der Waals surface area contributed by atoms with E-state index in [-0.39, 0.29) is 0 Å². The highest BCUT2D eigenvalue weighted by atomic mass is 16.5. The number of aromatic nitrogens is 1. The predicted octanol–water partition coefficient (Wildman–Crippen LogP) is 3.71. The van der Waals surface area contributed by atoms with Crippen molar-refractivity contribution in [2.45, 2.75) is 32.3 Å². The van der Waals surface area contributed by atoms with Crippen molar-refractivity contribution in [3.8, 4) is 0 Å². The molecule has 0 aliphatic heterocycles. The smallest absolute Gasteiger partial charge is 0.339 e. The third-order valence-electron chi connectivity index (χ3n) is 5.35. The summed E-state index contributed by atoms with van der Waals surface area (Å²) in [5.41, 5.74) is 3.56. The molecule has 0 saturated carbocycles. The van der Waals surface area contributed by atoms with Gasteiger partial charge in [-0.15, -0.1) is 0 Å². The average molecular weight is 433 g/mol. The minimum Gasteiger partial charge on any atom is -0.465 e. The Kier molecular flexibility index (Phi) is 6.02. The molecule has 8 nitrogen and oxygen atoms in total. The Hall–Kier alpha value is -3.94. The molecule has 8 heteroatoms. The zero-order valence-corrected chi connectivity index (χ0v) is 17.8. The van der Waals surface area contributed by atoms with Gasteiger partial charge in [0, 0.05) is 12.4 Å². The van der Waals surface area contributed by atoms with Gasteiger partial charge in [0.25, 0.3) is 5.91 Å². The van der Waals surface area contributed by atoms with Crippen molar-refractivity contribution in [2.24, 2.45) is 0 Å². The second kappa shape index (κ2) is 9.05. The van der Waals surface area contributed by atoms with Crippen molar-refractivity contribution in [1.29, 1.82) is 0 Å². The van der Waals surface area contributed by atoms with Crippen LogP contribution in [0.2, 0.25) is 0 Å². The first-order valence-electron chi connectivity index (χ1n) is 10.4. The molecule has 0 spiro atoms. The van der Waals surface area contributed by atoms with Gasteiger partial charge in [-0.3, -0.25) is 10.1 Å². The van der Waals surface area contributed by atoms with Crippen molar-refractivity contribution in [3.63, 3.8) is 0 Å². The number of hydrogen-bond donors (Lipinski definition) is 2. The molecule has 1 aliphatic rings. The molecule has 0 fully saturated rings. The van der Waals surface area contributed by atoms with E-state index in [4.69, 9.17) is 14.1 Å². The highest BCUT2D eigenvalue weighted by molar-refractivity contribution is 6.07. The molecule has 32 heavy (non-hydrogen) atoms. The summed E-state index contributed by atoms with van der Waals surface area (Å²) >= 11 is 0. The molecule has 2 aromatic heterocycles. The fraction of sp³-hybridized carbons (Fsp3) is 0.250. The van der Waals surface area contributed by atoms with Gasteiger partial charge in [0.2, 0.25) is 0 Å². The summed E-state index contributed by atoms with van der Waals surface area (Å²) in [6.45, 7) is 1.42. The highest BCUT2D eigenvalue weighted by Gasteiger charge is 2.28. The molecule has 1 unspecified atom stereocenters. The number of urea groups is 1. The number of nitrogens with one attached hydrogen (secondary N) is 2. The molecule has 4 rings (SSSR count). The Bertz CT molecular complexity index is 1210. The number of carbonyl (C=O) groups excluding carboxylic acids is 3. The fourth-order valence-corrected chi connectivity index (χ4v) is 3.80. The maximum Gasteiger partial charge on any atom is 0.339 e. The molecule has 164 valence electrons. The van der Waals surface area contributed by atoms with Gasteiger partial charge in [0.05, 0.1) is 23.0 Å². The number of fused-ring (bicyclic) bond motifs is 2. The van der Waals surface area contributed by atoms with Crippen molar-refractivity contribution >= 4 is 40.5 Å². The van der Waals surface area contributed by atoms with Crippen LogP contribution in [0, 0.1) is 0 Å². The first kappa shape index (κ1) is 21.3. The van der Waals surface area contributed by atoms with Crippen molar-refractivity contribution in [1.82, 2.24) is 15.6 Å². The van der Waals surface area contributed by atoms with Gasteiger partial charge < -0.3 is 14.5 Å². The van der Waals surface area contributed by atoms with Crippen LogP contribution in [0.5, 0.6) is 0 Å². The summed E-state index contributed by atoms with van der Waals surface area (Å²) in [7, 11) is 1.39. The lowest BCUT2D eigenvalue weighted by atomic mass is 9.86. The third-order valence-corrected chi connectivity index (χ3v) is 5.35. The molecule has 0 radical (unpaired) electrons. The van der Waals surface area contributed by atoms with E-state index in [1.807, 2.05) is 42.5 Å². The average Bonchev–Trinajstić information content (AvgIpc) is 3.30. The fourth-order valence-electron chi connectivity index (χ4n) is 3.80. The minimum atomic E-state index is -1.15. The number of benzene rings is 1. The van der Waals surface area contributed by atoms with E-state index < -0.39 is 24.0 Å². The summed E-state index contributed by atoms with van der Waals surface area (Å²) in [6.07, 6.45) is 4.70. The number of imide groups is 1. The Balaban J connectivity index is 1.75. The van der Waals surface area contributed by atoms with Crippen molar-refractivity contribution in [3.05, 3.63) is 65.2 Å². The van der Waals surface area contributed by atoms with E-state index in [1.165, 1.54) is 14.0 Å². The topological polar surface area (TPSA) is 111 Å². The molecule has 2 N–H and O–H groups in total. The van der Waals surface area contributed by atoms with E-state index in [2.05, 4.69) is 10.6 Å². The van der Waals surface area contributed by atoms with Gasteiger partial charge in [0.15, 0.2) is 6.10 Å². The van der Waals surface area contributed by atoms with Gasteiger partial charge in [-0.2, -0.15) is 0 Å². The summed E-state index contributed by atoms with van der Waals surface area (Å²) < 4.78 is 10.9. The van der Waals surface area contributed by atoms with Crippen LogP contribution < -0.4 is 10.6 Å². The molecule has 3 amide bonds. The standard InChI is InChI=1S/C24H23N3O5/c1-14(22(28)27-24(30)25-2)32-23(29)20-17-9-3-4-11-19(17)26-21-15(7-5-10-18(20)21)13-16-8-6-12-31-16/h3-4,6,8-9,11-14H,5,7,10H2,1-2H3,(H2,25,27,28,30)/b15-13+. The molecule has 1 aliphatic carbocycles. The number of amides is 3. The lowest BCUT2D eigenvalue weighted by molar-refractivity contribution is -0.127. The first-order chi connectivity index (χ1) is 15.5. The van der Waals surface area contributed by atoms with E-state index >= 15 is 0 Å². The van der Waals surface area contributed by atoms with Gasteiger partial charge >= 0.3 is 12.0 Å². The zero-order chi connectivity index (χ0) is 22.7. The maximum atomic E-state index is 13.3. The number of rotatable bonds is 4. The Morgan fingerprint density at radius 1 is 1.16 bits per heavy atom. The summed E-state index contributed by atoms with van der Waals surface area (Å²) in [5, 5.41) is 5.07. The molecular weight excluding hydrogens is 410 g/mol. The molecule has 3 aromatic rings. The molecule has 0 saturated heterocycles. The van der Waals surface area contributed by atoms with Gasteiger partial charge in [0.1, 0.15) is 5.76 Å². The number of esters is 1. The van der Waals surface area contributed by atoms with Gasteiger partial charge in [-0.25, -0.2) is 14.6 Å². The SMILES string of the molecule is CNC(=O)NC(=O)C(C)OC(=O)c1c2c(nc3ccccc13)/C(=C/c1ccco1)CCC2. The number of nitrogens with zero attached hydrogens (tertiary/aromatic N) is 1. The van der Waals surface area contributed by atoms with Crippen LogP contribution in [0.25, 0.3) is 22.6 Å². The van der Waals surface area contributed by atoms with Crippen LogP contribution in [-0.2, 0) is 16.0 Å². The minimum absolute atomic E-state index is 0.398. The van der Waals surface area contributed by atoms with E-state index in [0.29, 0.717) is 28.6 Å². The van der Waals surface area contributed by atoms with Crippen molar-refractivity contribution < 1.29 is 23.5 Å². The predicted molar refractivity (Wildman–Crippen MR) is 119 cm³/mol. The van der Waals surface area contributed by atoms with Crippen molar-refractivity contribution in [2.75, 3.05) is 7.05 Å². The Labute approximate surface area is 184 Å². The van der Waals surface area contributed by atoms with Gasteiger partial charge in [-0.1, -0.05) is 18.2 Å². The normalized spacial score (nSPS) is 15.1. The first-order valence-corrected chi connectivity index (χ1v) is 10.4. The number of para-hydroxylation sites is 1. The van der Waals surface area contributed by atoms with Crippen LogP contribution in [0.4, 0.5) is 4.79 Å². The molecule has 1 aromatic carbocycles. The quantitative estimate of drug-likeness (QED) is 0.607. The van der Waals surface area contributed by atoms with Crippen LogP contribution in [0.15, 0.2) is 47.1 Å². The largest absolute Gasteiger partial charge is 0.465 e. The number of allylic oxidation sites excluding steroid dienone is 1. The highest BCUT2D eigenvalue weighted by Crippen LogP contribution is 2.36. The van der Waals surface area contributed by atoms with Crippen LogP contribution in [0.1, 0.15) is 47.1 Å². The Morgan fingerprint density at radius 3 is 2.72 bits per heavy atom. The lowest BCUT2D eigenvalue weighted by Crippen LogP contribution is -2.43. The molecule has 1 atom stereocenters.